The van der Waals surface area contributed by atoms with Crippen LogP contribution in [0, 0.1) is 5.41 Å². The van der Waals surface area contributed by atoms with Crippen LogP contribution >= 0.6 is 0 Å². The monoisotopic (exact) mass is 252 g/mol. The molecular weight excluding hydrogens is 220 g/mol. The van der Waals surface area contributed by atoms with Crippen LogP contribution in [0.25, 0.3) is 0 Å². The summed E-state index contributed by atoms with van der Waals surface area (Å²) in [6.07, 6.45) is 14.1. The fourth-order valence-electron chi connectivity index (χ4n) is 3.98. The third-order valence-electron chi connectivity index (χ3n) is 5.48. The summed E-state index contributed by atoms with van der Waals surface area (Å²) in [6, 6.07) is 0. The molecule has 0 aromatic carbocycles. The standard InChI is InChI=1S/C16H32N2/c1-15(8-6-7-9-15)14-18-13-12-16(17-2)10-4-3-5-11-16/h17-18H,3-14H2,1-2H3. The second-order valence-electron chi connectivity index (χ2n) is 7.04. The Labute approximate surface area is 113 Å². The van der Waals surface area contributed by atoms with E-state index in [0.29, 0.717) is 11.0 Å². The predicted octanol–water partition coefficient (Wildman–Crippen LogP) is 3.47. The molecule has 2 fully saturated rings. The molecule has 2 N–H and O–H groups in total. The topological polar surface area (TPSA) is 24.1 Å². The lowest BCUT2D eigenvalue weighted by atomic mass is 9.79. The molecule has 0 radical (unpaired) electrons. The highest BCUT2D eigenvalue weighted by atomic mass is 15.0. The Morgan fingerprint density at radius 3 is 2.11 bits per heavy atom. The molecule has 0 amide bonds. The van der Waals surface area contributed by atoms with Gasteiger partial charge in [0.25, 0.3) is 0 Å². The average Bonchev–Trinajstić information content (AvgIpc) is 2.83. The molecule has 2 heteroatoms. The van der Waals surface area contributed by atoms with Crippen LogP contribution < -0.4 is 10.6 Å². The summed E-state index contributed by atoms with van der Waals surface area (Å²) in [4.78, 5) is 0. The zero-order chi connectivity index (χ0) is 12.9. The molecule has 2 saturated carbocycles. The van der Waals surface area contributed by atoms with E-state index >= 15 is 0 Å². The van der Waals surface area contributed by atoms with Crippen molar-refractivity contribution in [1.82, 2.24) is 10.6 Å². The van der Waals surface area contributed by atoms with E-state index in [2.05, 4.69) is 24.6 Å². The van der Waals surface area contributed by atoms with Gasteiger partial charge in [-0.1, -0.05) is 39.0 Å². The van der Waals surface area contributed by atoms with Gasteiger partial charge in [-0.05, 0) is 51.1 Å². The smallest absolute Gasteiger partial charge is 0.0190 e. The number of hydrogen-bond donors (Lipinski definition) is 2. The van der Waals surface area contributed by atoms with E-state index in [1.165, 1.54) is 77.3 Å². The highest BCUT2D eigenvalue weighted by Gasteiger charge is 2.31. The Morgan fingerprint density at radius 1 is 0.889 bits per heavy atom. The minimum absolute atomic E-state index is 0.446. The van der Waals surface area contributed by atoms with Crippen molar-refractivity contribution in [2.75, 3.05) is 20.1 Å². The number of rotatable bonds is 6. The van der Waals surface area contributed by atoms with E-state index in [0.717, 1.165) is 0 Å². The molecule has 2 nitrogen and oxygen atoms in total. The lowest BCUT2D eigenvalue weighted by Crippen LogP contribution is -2.47. The molecule has 0 aliphatic heterocycles. The van der Waals surface area contributed by atoms with Crippen LogP contribution in [-0.4, -0.2) is 25.7 Å². The summed E-state index contributed by atoms with van der Waals surface area (Å²) < 4.78 is 0. The van der Waals surface area contributed by atoms with Gasteiger partial charge in [0.1, 0.15) is 0 Å². The van der Waals surface area contributed by atoms with Gasteiger partial charge in [-0.3, -0.25) is 0 Å². The van der Waals surface area contributed by atoms with Crippen molar-refractivity contribution in [3.05, 3.63) is 0 Å². The molecule has 18 heavy (non-hydrogen) atoms. The van der Waals surface area contributed by atoms with E-state index in [9.17, 15) is 0 Å². The predicted molar refractivity (Wildman–Crippen MR) is 78.9 cm³/mol. The van der Waals surface area contributed by atoms with Crippen molar-refractivity contribution in [3.8, 4) is 0 Å². The molecule has 0 atom stereocenters. The first kappa shape index (κ1) is 14.3. The molecule has 106 valence electrons. The first-order chi connectivity index (χ1) is 8.68. The third-order valence-corrected chi connectivity index (χ3v) is 5.48. The Morgan fingerprint density at radius 2 is 1.50 bits per heavy atom. The highest BCUT2D eigenvalue weighted by molar-refractivity contribution is 4.90. The van der Waals surface area contributed by atoms with Gasteiger partial charge in [0, 0.05) is 12.1 Å². The Kier molecular flexibility index (Phi) is 5.08. The SMILES string of the molecule is CNC1(CCNCC2(C)CCCC2)CCCCC1. The van der Waals surface area contributed by atoms with Crippen molar-refractivity contribution >= 4 is 0 Å². The van der Waals surface area contributed by atoms with Crippen molar-refractivity contribution in [3.63, 3.8) is 0 Å². The van der Waals surface area contributed by atoms with Gasteiger partial charge in [-0.25, -0.2) is 0 Å². The van der Waals surface area contributed by atoms with Gasteiger partial charge >= 0.3 is 0 Å². The lowest BCUT2D eigenvalue weighted by molar-refractivity contribution is 0.222. The first-order valence-corrected chi connectivity index (χ1v) is 8.08. The summed E-state index contributed by atoms with van der Waals surface area (Å²) in [6.45, 7) is 4.88. The number of nitrogens with one attached hydrogen (secondary N) is 2. The third kappa shape index (κ3) is 3.71. The zero-order valence-electron chi connectivity index (χ0n) is 12.5. The van der Waals surface area contributed by atoms with Gasteiger partial charge in [0.2, 0.25) is 0 Å². The second-order valence-corrected chi connectivity index (χ2v) is 7.04. The molecule has 2 rings (SSSR count). The lowest BCUT2D eigenvalue weighted by Gasteiger charge is -2.37. The van der Waals surface area contributed by atoms with E-state index in [1.54, 1.807) is 0 Å². The van der Waals surface area contributed by atoms with Crippen molar-refractivity contribution < 1.29 is 0 Å². The van der Waals surface area contributed by atoms with Gasteiger partial charge in [-0.2, -0.15) is 0 Å². The second kappa shape index (κ2) is 6.38. The zero-order valence-corrected chi connectivity index (χ0v) is 12.5. The van der Waals surface area contributed by atoms with Gasteiger partial charge in [0.15, 0.2) is 0 Å². The molecular formula is C16H32N2. The van der Waals surface area contributed by atoms with Crippen LogP contribution in [-0.2, 0) is 0 Å². The summed E-state index contributed by atoms with van der Waals surface area (Å²) in [5, 5.41) is 7.35. The Balaban J connectivity index is 1.67. The normalized spacial score (nSPS) is 26.3. The summed E-state index contributed by atoms with van der Waals surface area (Å²) in [5.74, 6) is 0. The Hall–Kier alpha value is -0.0800. The summed E-state index contributed by atoms with van der Waals surface area (Å²) in [7, 11) is 2.16. The van der Waals surface area contributed by atoms with Crippen molar-refractivity contribution in [1.29, 1.82) is 0 Å². The average molecular weight is 252 g/mol. The molecule has 0 heterocycles. The maximum atomic E-state index is 3.73. The van der Waals surface area contributed by atoms with Crippen LogP contribution in [0.5, 0.6) is 0 Å². The summed E-state index contributed by atoms with van der Waals surface area (Å²) >= 11 is 0. The van der Waals surface area contributed by atoms with Crippen LogP contribution in [0.3, 0.4) is 0 Å². The van der Waals surface area contributed by atoms with E-state index in [1.807, 2.05) is 0 Å². The molecule has 0 unspecified atom stereocenters. The quantitative estimate of drug-likeness (QED) is 0.707. The maximum Gasteiger partial charge on any atom is 0.0190 e. The first-order valence-electron chi connectivity index (χ1n) is 8.08. The Bertz CT molecular complexity index is 237. The molecule has 2 aliphatic rings. The van der Waals surface area contributed by atoms with Gasteiger partial charge < -0.3 is 10.6 Å². The fraction of sp³-hybridized carbons (Fsp3) is 1.00. The molecule has 0 aromatic rings. The van der Waals surface area contributed by atoms with Gasteiger partial charge in [0.05, 0.1) is 0 Å². The summed E-state index contributed by atoms with van der Waals surface area (Å²) in [5.41, 5.74) is 1.04. The molecule has 2 aliphatic carbocycles. The maximum absolute atomic E-state index is 3.73. The minimum atomic E-state index is 0.446. The largest absolute Gasteiger partial charge is 0.316 e. The fourth-order valence-corrected chi connectivity index (χ4v) is 3.98. The molecule has 0 spiro atoms. The van der Waals surface area contributed by atoms with Gasteiger partial charge in [-0.15, -0.1) is 0 Å². The highest BCUT2D eigenvalue weighted by Crippen LogP contribution is 2.36. The minimum Gasteiger partial charge on any atom is -0.316 e. The van der Waals surface area contributed by atoms with Crippen molar-refractivity contribution in [2.45, 2.75) is 76.7 Å². The van der Waals surface area contributed by atoms with E-state index in [-0.39, 0.29) is 0 Å². The van der Waals surface area contributed by atoms with E-state index in [4.69, 9.17) is 0 Å². The molecule has 0 aromatic heterocycles. The van der Waals surface area contributed by atoms with Crippen LogP contribution in [0.1, 0.15) is 71.1 Å². The van der Waals surface area contributed by atoms with Crippen LogP contribution in [0.15, 0.2) is 0 Å². The van der Waals surface area contributed by atoms with Crippen LogP contribution in [0.4, 0.5) is 0 Å². The van der Waals surface area contributed by atoms with Crippen molar-refractivity contribution in [2.24, 2.45) is 5.41 Å². The van der Waals surface area contributed by atoms with Crippen LogP contribution in [0.2, 0.25) is 0 Å². The molecule has 0 saturated heterocycles. The molecule has 0 bridgehead atoms. The number of hydrogen-bond acceptors (Lipinski definition) is 2. The van der Waals surface area contributed by atoms with E-state index < -0.39 is 0 Å².